The molecular weight excluding hydrogens is 254 g/mol. The first kappa shape index (κ1) is 14.1. The smallest absolute Gasteiger partial charge is 0.329 e. The van der Waals surface area contributed by atoms with Crippen LogP contribution in [0.3, 0.4) is 0 Å². The monoisotopic (exact) mass is 271 g/mol. The standard InChI is InChI=1S/C16H17NO3/c1-2-20-16(19)15(11-13-7-4-3-5-8-13)17-10-6-9-14(17)12-18/h3-10,12,15H,2,11H2,1H3/t15-/m0/s1. The second-order valence-electron chi connectivity index (χ2n) is 4.42. The average molecular weight is 271 g/mol. The second-order valence-corrected chi connectivity index (χ2v) is 4.42. The number of aldehydes is 1. The molecule has 0 amide bonds. The van der Waals surface area contributed by atoms with Gasteiger partial charge in [-0.15, -0.1) is 0 Å². The first-order valence-electron chi connectivity index (χ1n) is 6.58. The van der Waals surface area contributed by atoms with Crippen LogP contribution in [0.5, 0.6) is 0 Å². The predicted molar refractivity (Wildman–Crippen MR) is 75.6 cm³/mol. The topological polar surface area (TPSA) is 48.3 Å². The minimum absolute atomic E-state index is 0.321. The molecule has 0 bridgehead atoms. The normalized spacial score (nSPS) is 11.8. The second kappa shape index (κ2) is 6.70. The van der Waals surface area contributed by atoms with Gasteiger partial charge < -0.3 is 9.30 Å². The summed E-state index contributed by atoms with van der Waals surface area (Å²) in [5.74, 6) is -0.323. The van der Waals surface area contributed by atoms with Crippen molar-refractivity contribution in [2.24, 2.45) is 0 Å². The van der Waals surface area contributed by atoms with Crippen molar-refractivity contribution in [3.63, 3.8) is 0 Å². The van der Waals surface area contributed by atoms with Gasteiger partial charge in [0.1, 0.15) is 6.04 Å². The van der Waals surface area contributed by atoms with Gasteiger partial charge in [-0.3, -0.25) is 4.79 Å². The Labute approximate surface area is 118 Å². The van der Waals surface area contributed by atoms with E-state index in [-0.39, 0.29) is 5.97 Å². The van der Waals surface area contributed by atoms with E-state index in [2.05, 4.69) is 0 Å². The fourth-order valence-corrected chi connectivity index (χ4v) is 2.16. The van der Waals surface area contributed by atoms with Crippen molar-refractivity contribution >= 4 is 12.3 Å². The zero-order chi connectivity index (χ0) is 14.4. The molecule has 4 nitrogen and oxygen atoms in total. The molecule has 2 rings (SSSR count). The number of esters is 1. The number of hydrogen-bond donors (Lipinski definition) is 0. The van der Waals surface area contributed by atoms with Crippen LogP contribution < -0.4 is 0 Å². The van der Waals surface area contributed by atoms with Gasteiger partial charge in [0, 0.05) is 12.6 Å². The van der Waals surface area contributed by atoms with Crippen molar-refractivity contribution in [1.29, 1.82) is 0 Å². The van der Waals surface area contributed by atoms with Gasteiger partial charge in [-0.2, -0.15) is 0 Å². The van der Waals surface area contributed by atoms with Crippen LogP contribution in [0.1, 0.15) is 29.0 Å². The van der Waals surface area contributed by atoms with E-state index < -0.39 is 6.04 Å². The Bertz CT molecular complexity index is 574. The maximum Gasteiger partial charge on any atom is 0.329 e. The Morgan fingerprint density at radius 3 is 2.65 bits per heavy atom. The van der Waals surface area contributed by atoms with Crippen LogP contribution in [0.25, 0.3) is 0 Å². The summed E-state index contributed by atoms with van der Waals surface area (Å²) in [5.41, 5.74) is 1.50. The summed E-state index contributed by atoms with van der Waals surface area (Å²) in [6, 6.07) is 12.6. The molecule has 1 aromatic heterocycles. The fraction of sp³-hybridized carbons (Fsp3) is 0.250. The van der Waals surface area contributed by atoms with Crippen LogP contribution in [-0.4, -0.2) is 23.4 Å². The number of aromatic nitrogens is 1. The Hall–Kier alpha value is -2.36. The Balaban J connectivity index is 2.30. The highest BCUT2D eigenvalue weighted by molar-refractivity contribution is 5.78. The molecule has 20 heavy (non-hydrogen) atoms. The van der Waals surface area contributed by atoms with E-state index in [0.717, 1.165) is 11.8 Å². The molecule has 2 aromatic rings. The van der Waals surface area contributed by atoms with Gasteiger partial charge in [0.2, 0.25) is 0 Å². The highest BCUT2D eigenvalue weighted by atomic mass is 16.5. The quantitative estimate of drug-likeness (QED) is 0.599. The summed E-state index contributed by atoms with van der Waals surface area (Å²) in [5, 5.41) is 0. The summed E-state index contributed by atoms with van der Waals surface area (Å²) in [6.07, 6.45) is 2.97. The van der Waals surface area contributed by atoms with Gasteiger partial charge in [-0.1, -0.05) is 30.3 Å². The zero-order valence-corrected chi connectivity index (χ0v) is 11.4. The van der Waals surface area contributed by atoms with Crippen LogP contribution in [0.4, 0.5) is 0 Å². The molecule has 0 fully saturated rings. The van der Waals surface area contributed by atoms with Crippen LogP contribution in [0.2, 0.25) is 0 Å². The van der Waals surface area contributed by atoms with Crippen molar-refractivity contribution in [2.75, 3.05) is 6.61 Å². The maximum atomic E-state index is 12.2. The third-order valence-electron chi connectivity index (χ3n) is 3.10. The van der Waals surface area contributed by atoms with Crippen molar-refractivity contribution in [2.45, 2.75) is 19.4 Å². The third-order valence-corrected chi connectivity index (χ3v) is 3.10. The Morgan fingerprint density at radius 1 is 1.25 bits per heavy atom. The first-order chi connectivity index (χ1) is 9.76. The van der Waals surface area contributed by atoms with Crippen molar-refractivity contribution in [3.05, 3.63) is 59.9 Å². The third kappa shape index (κ3) is 3.15. The van der Waals surface area contributed by atoms with Gasteiger partial charge >= 0.3 is 5.97 Å². The molecule has 0 aliphatic carbocycles. The fourth-order valence-electron chi connectivity index (χ4n) is 2.16. The highest BCUT2D eigenvalue weighted by Crippen LogP contribution is 2.18. The summed E-state index contributed by atoms with van der Waals surface area (Å²) >= 11 is 0. The molecule has 1 heterocycles. The Morgan fingerprint density at radius 2 is 2.00 bits per heavy atom. The van der Waals surface area contributed by atoms with Crippen LogP contribution >= 0.6 is 0 Å². The summed E-state index contributed by atoms with van der Waals surface area (Å²) in [4.78, 5) is 23.2. The minimum Gasteiger partial charge on any atom is -0.464 e. The number of hydrogen-bond acceptors (Lipinski definition) is 3. The lowest BCUT2D eigenvalue weighted by atomic mass is 10.1. The van der Waals surface area contributed by atoms with Crippen molar-refractivity contribution in [3.8, 4) is 0 Å². The van der Waals surface area contributed by atoms with Crippen molar-refractivity contribution < 1.29 is 14.3 Å². The van der Waals surface area contributed by atoms with Gasteiger partial charge in [0.25, 0.3) is 0 Å². The number of carbonyl (C=O) groups is 2. The van der Waals surface area contributed by atoms with Crippen LogP contribution in [-0.2, 0) is 16.0 Å². The van der Waals surface area contributed by atoms with E-state index >= 15 is 0 Å². The lowest BCUT2D eigenvalue weighted by molar-refractivity contribution is -0.147. The lowest BCUT2D eigenvalue weighted by Gasteiger charge is -2.19. The highest BCUT2D eigenvalue weighted by Gasteiger charge is 2.23. The largest absolute Gasteiger partial charge is 0.464 e. The number of rotatable bonds is 6. The molecule has 1 atom stereocenters. The number of nitrogens with zero attached hydrogens (tertiary/aromatic N) is 1. The van der Waals surface area contributed by atoms with Crippen LogP contribution in [0.15, 0.2) is 48.7 Å². The summed E-state index contributed by atoms with van der Waals surface area (Å²) in [7, 11) is 0. The van der Waals surface area contributed by atoms with Gasteiger partial charge in [-0.05, 0) is 24.6 Å². The molecular formula is C16H17NO3. The zero-order valence-electron chi connectivity index (χ0n) is 11.4. The first-order valence-corrected chi connectivity index (χ1v) is 6.58. The van der Waals surface area contributed by atoms with E-state index in [1.807, 2.05) is 30.3 Å². The lowest BCUT2D eigenvalue weighted by Crippen LogP contribution is -2.25. The van der Waals surface area contributed by atoms with E-state index in [9.17, 15) is 9.59 Å². The predicted octanol–water partition coefficient (Wildman–Crippen LogP) is 2.65. The molecule has 0 N–H and O–H groups in total. The molecule has 4 heteroatoms. The SMILES string of the molecule is CCOC(=O)[C@H](Cc1ccccc1)n1cccc1C=O. The van der Waals surface area contributed by atoms with E-state index in [0.29, 0.717) is 18.7 Å². The number of ether oxygens (including phenoxy) is 1. The molecule has 104 valence electrons. The molecule has 0 radical (unpaired) electrons. The molecule has 0 spiro atoms. The van der Waals surface area contributed by atoms with E-state index in [1.54, 1.807) is 29.8 Å². The average Bonchev–Trinajstić information content (AvgIpc) is 2.94. The molecule has 1 aromatic carbocycles. The molecule has 0 saturated carbocycles. The molecule has 0 aliphatic heterocycles. The van der Waals surface area contributed by atoms with E-state index in [1.165, 1.54) is 0 Å². The maximum absolute atomic E-state index is 12.2. The van der Waals surface area contributed by atoms with Crippen LogP contribution in [0, 0.1) is 0 Å². The van der Waals surface area contributed by atoms with Crippen molar-refractivity contribution in [1.82, 2.24) is 4.57 Å². The summed E-state index contributed by atoms with van der Waals surface area (Å²) < 4.78 is 6.79. The Kier molecular flexibility index (Phi) is 4.71. The van der Waals surface area contributed by atoms with Gasteiger partial charge in [-0.25, -0.2) is 4.79 Å². The van der Waals surface area contributed by atoms with E-state index in [4.69, 9.17) is 4.74 Å². The van der Waals surface area contributed by atoms with Gasteiger partial charge in [0.15, 0.2) is 6.29 Å². The molecule has 0 saturated heterocycles. The minimum atomic E-state index is -0.521. The molecule has 0 aliphatic rings. The number of benzene rings is 1. The summed E-state index contributed by atoms with van der Waals surface area (Å²) in [6.45, 7) is 2.09. The number of carbonyl (C=O) groups excluding carboxylic acids is 2. The molecule has 0 unspecified atom stereocenters. The van der Waals surface area contributed by atoms with Gasteiger partial charge in [0.05, 0.1) is 12.3 Å².